The van der Waals surface area contributed by atoms with E-state index in [1.165, 1.54) is 0 Å². The Hall–Kier alpha value is -3.07. The lowest BCUT2D eigenvalue weighted by atomic mass is 10.0. The number of aromatic amines is 1. The SMILES string of the molecule is O=c1[nH]c(-c2cccnc2)nc2c1CN(Cc1cc(C(F)(F)F)ccc1F)CC2. The van der Waals surface area contributed by atoms with Crippen LogP contribution in [0.1, 0.15) is 22.4 Å². The van der Waals surface area contributed by atoms with Gasteiger partial charge in [0, 0.05) is 49.6 Å². The molecule has 0 aliphatic carbocycles. The number of halogens is 4. The van der Waals surface area contributed by atoms with Gasteiger partial charge in [-0.15, -0.1) is 0 Å². The predicted octanol–water partition coefficient (Wildman–Crippen LogP) is 3.55. The second-order valence-corrected chi connectivity index (χ2v) is 6.85. The highest BCUT2D eigenvalue weighted by Crippen LogP contribution is 2.31. The smallest absolute Gasteiger partial charge is 0.306 e. The Balaban J connectivity index is 1.58. The van der Waals surface area contributed by atoms with Crippen LogP contribution in [0.2, 0.25) is 0 Å². The number of alkyl halides is 3. The minimum atomic E-state index is -4.54. The zero-order chi connectivity index (χ0) is 20.6. The van der Waals surface area contributed by atoms with Crippen LogP contribution in [-0.2, 0) is 25.7 Å². The van der Waals surface area contributed by atoms with E-state index < -0.39 is 17.6 Å². The molecule has 1 N–H and O–H groups in total. The highest BCUT2D eigenvalue weighted by Gasteiger charge is 2.31. The molecule has 9 heteroatoms. The van der Waals surface area contributed by atoms with Crippen LogP contribution in [0.15, 0.2) is 47.5 Å². The van der Waals surface area contributed by atoms with Gasteiger partial charge in [-0.05, 0) is 30.3 Å². The maximum Gasteiger partial charge on any atom is 0.416 e. The third-order valence-electron chi connectivity index (χ3n) is 4.85. The van der Waals surface area contributed by atoms with E-state index in [9.17, 15) is 22.4 Å². The molecule has 1 aliphatic heterocycles. The van der Waals surface area contributed by atoms with Crippen LogP contribution >= 0.6 is 0 Å². The zero-order valence-corrected chi connectivity index (χ0v) is 15.1. The zero-order valence-electron chi connectivity index (χ0n) is 15.1. The van der Waals surface area contributed by atoms with Gasteiger partial charge in [-0.25, -0.2) is 9.37 Å². The highest BCUT2D eigenvalue weighted by molar-refractivity contribution is 5.53. The van der Waals surface area contributed by atoms with Gasteiger partial charge in [0.2, 0.25) is 0 Å². The summed E-state index contributed by atoms with van der Waals surface area (Å²) in [6, 6.07) is 5.88. The third-order valence-corrected chi connectivity index (χ3v) is 4.85. The summed E-state index contributed by atoms with van der Waals surface area (Å²) in [7, 11) is 0. The molecule has 1 aliphatic rings. The van der Waals surface area contributed by atoms with Gasteiger partial charge in [0.15, 0.2) is 0 Å². The molecule has 0 atom stereocenters. The summed E-state index contributed by atoms with van der Waals surface area (Å²) in [6.45, 7) is 0.602. The van der Waals surface area contributed by atoms with Crippen molar-refractivity contribution in [1.82, 2.24) is 19.9 Å². The lowest BCUT2D eigenvalue weighted by molar-refractivity contribution is -0.137. The molecule has 0 fully saturated rings. The summed E-state index contributed by atoms with van der Waals surface area (Å²) in [5.41, 5.74) is 0.486. The maximum atomic E-state index is 14.0. The van der Waals surface area contributed by atoms with Crippen molar-refractivity contribution < 1.29 is 17.6 Å². The molecule has 2 aromatic heterocycles. The Morgan fingerprint density at radius 3 is 2.76 bits per heavy atom. The Bertz CT molecular complexity index is 1100. The lowest BCUT2D eigenvalue weighted by Crippen LogP contribution is -2.35. The molecule has 150 valence electrons. The van der Waals surface area contributed by atoms with Crippen LogP contribution in [0.5, 0.6) is 0 Å². The first-order valence-electron chi connectivity index (χ1n) is 8.92. The first-order chi connectivity index (χ1) is 13.8. The van der Waals surface area contributed by atoms with Gasteiger partial charge in [0.05, 0.1) is 16.8 Å². The number of aromatic nitrogens is 3. The molecule has 4 rings (SSSR count). The molecule has 0 spiro atoms. The molecule has 5 nitrogen and oxygen atoms in total. The molecular weight excluding hydrogens is 388 g/mol. The summed E-state index contributed by atoms with van der Waals surface area (Å²) in [4.78, 5) is 25.5. The van der Waals surface area contributed by atoms with Crippen LogP contribution in [0, 0.1) is 5.82 Å². The minimum Gasteiger partial charge on any atom is -0.306 e. The number of rotatable bonds is 3. The quantitative estimate of drug-likeness (QED) is 0.679. The molecule has 3 aromatic rings. The molecule has 29 heavy (non-hydrogen) atoms. The minimum absolute atomic E-state index is 0.0288. The van der Waals surface area contributed by atoms with Gasteiger partial charge in [0.1, 0.15) is 11.6 Å². The summed E-state index contributed by atoms with van der Waals surface area (Å²) in [5, 5.41) is 0. The second kappa shape index (κ2) is 7.40. The van der Waals surface area contributed by atoms with E-state index in [0.29, 0.717) is 35.6 Å². The molecule has 0 radical (unpaired) electrons. The van der Waals surface area contributed by atoms with Crippen molar-refractivity contribution in [3.63, 3.8) is 0 Å². The van der Waals surface area contributed by atoms with E-state index in [2.05, 4.69) is 15.0 Å². The Kier molecular flexibility index (Phi) is 4.91. The number of fused-ring (bicyclic) bond motifs is 1. The number of hydrogen-bond acceptors (Lipinski definition) is 4. The van der Waals surface area contributed by atoms with Gasteiger partial charge in [-0.1, -0.05) is 0 Å². The molecule has 1 aromatic carbocycles. The summed E-state index contributed by atoms with van der Waals surface area (Å²) in [5.74, 6) is -0.290. The van der Waals surface area contributed by atoms with Crippen molar-refractivity contribution >= 4 is 0 Å². The summed E-state index contributed by atoms with van der Waals surface area (Å²) >= 11 is 0. The number of pyridine rings is 1. The van der Waals surface area contributed by atoms with Gasteiger partial charge in [-0.2, -0.15) is 13.2 Å². The van der Waals surface area contributed by atoms with E-state index in [4.69, 9.17) is 0 Å². The first-order valence-corrected chi connectivity index (χ1v) is 8.92. The Labute approximate surface area is 163 Å². The Morgan fingerprint density at radius 2 is 2.03 bits per heavy atom. The second-order valence-electron chi connectivity index (χ2n) is 6.85. The maximum absolute atomic E-state index is 14.0. The lowest BCUT2D eigenvalue weighted by Gasteiger charge is -2.28. The van der Waals surface area contributed by atoms with Gasteiger partial charge >= 0.3 is 6.18 Å². The monoisotopic (exact) mass is 404 g/mol. The number of hydrogen-bond donors (Lipinski definition) is 1. The molecule has 3 heterocycles. The van der Waals surface area contributed by atoms with Gasteiger partial charge in [-0.3, -0.25) is 14.7 Å². The Morgan fingerprint density at radius 1 is 1.21 bits per heavy atom. The van der Waals surface area contributed by atoms with Crippen molar-refractivity contribution in [1.29, 1.82) is 0 Å². The van der Waals surface area contributed by atoms with E-state index in [-0.39, 0.29) is 24.2 Å². The van der Waals surface area contributed by atoms with Crippen molar-refractivity contribution in [3.8, 4) is 11.4 Å². The molecular formula is C20H16F4N4O. The fourth-order valence-corrected chi connectivity index (χ4v) is 3.37. The molecule has 0 saturated heterocycles. The van der Waals surface area contributed by atoms with E-state index in [0.717, 1.165) is 18.2 Å². The molecule has 0 bridgehead atoms. The van der Waals surface area contributed by atoms with Crippen LogP contribution in [-0.4, -0.2) is 26.4 Å². The van der Waals surface area contributed by atoms with Crippen LogP contribution in [0.25, 0.3) is 11.4 Å². The number of nitrogens with zero attached hydrogens (tertiary/aromatic N) is 3. The average molecular weight is 404 g/mol. The van der Waals surface area contributed by atoms with E-state index in [1.807, 2.05) is 0 Å². The molecule has 0 saturated carbocycles. The summed E-state index contributed by atoms with van der Waals surface area (Å²) in [6.07, 6.45) is -0.894. The van der Waals surface area contributed by atoms with E-state index in [1.54, 1.807) is 29.4 Å². The third kappa shape index (κ3) is 4.04. The number of benzene rings is 1. The first kappa shape index (κ1) is 19.3. The normalized spacial score (nSPS) is 14.6. The number of nitrogens with one attached hydrogen (secondary N) is 1. The largest absolute Gasteiger partial charge is 0.416 e. The van der Waals surface area contributed by atoms with Gasteiger partial charge in [0.25, 0.3) is 5.56 Å². The summed E-state index contributed by atoms with van der Waals surface area (Å²) < 4.78 is 52.8. The fourth-order valence-electron chi connectivity index (χ4n) is 3.37. The van der Waals surface area contributed by atoms with Crippen molar-refractivity contribution in [2.45, 2.75) is 25.7 Å². The van der Waals surface area contributed by atoms with Crippen LogP contribution in [0.4, 0.5) is 17.6 Å². The van der Waals surface area contributed by atoms with Crippen molar-refractivity contribution in [3.05, 3.63) is 81.3 Å². The average Bonchev–Trinajstić information content (AvgIpc) is 2.70. The van der Waals surface area contributed by atoms with Crippen LogP contribution < -0.4 is 5.56 Å². The van der Waals surface area contributed by atoms with E-state index >= 15 is 0 Å². The molecule has 0 amide bonds. The van der Waals surface area contributed by atoms with Gasteiger partial charge < -0.3 is 4.98 Å². The fraction of sp³-hybridized carbons (Fsp3) is 0.250. The highest BCUT2D eigenvalue weighted by atomic mass is 19.4. The molecule has 0 unspecified atom stereocenters. The topological polar surface area (TPSA) is 61.9 Å². The predicted molar refractivity (Wildman–Crippen MR) is 97.3 cm³/mol. The number of H-pyrrole nitrogens is 1. The van der Waals surface area contributed by atoms with Crippen molar-refractivity contribution in [2.24, 2.45) is 0 Å². The van der Waals surface area contributed by atoms with Crippen LogP contribution in [0.3, 0.4) is 0 Å². The standard InChI is InChI=1S/C20H16F4N4O/c21-16-4-3-14(20(22,23)24)8-13(16)10-28-7-5-17-15(11-28)19(29)27-18(26-17)12-2-1-6-25-9-12/h1-4,6,8-9H,5,7,10-11H2,(H,26,27,29). The van der Waals surface area contributed by atoms with Crippen molar-refractivity contribution in [2.75, 3.05) is 6.54 Å².